The average molecular weight is 372 g/mol. The van der Waals surface area contributed by atoms with Gasteiger partial charge >= 0.3 is 0 Å². The molecular weight excluding hydrogens is 348 g/mol. The Morgan fingerprint density at radius 1 is 1.12 bits per heavy atom. The van der Waals surface area contributed by atoms with Gasteiger partial charge in [-0.3, -0.25) is 4.79 Å². The Bertz CT molecular complexity index is 866. The Kier molecular flexibility index (Phi) is 5.74. The number of hydrogen-bond donors (Lipinski definition) is 1. The van der Waals surface area contributed by atoms with Gasteiger partial charge in [0.05, 0.1) is 11.7 Å². The van der Waals surface area contributed by atoms with Gasteiger partial charge in [-0.2, -0.15) is 0 Å². The van der Waals surface area contributed by atoms with Crippen molar-refractivity contribution >= 4 is 21.6 Å². The van der Waals surface area contributed by atoms with Gasteiger partial charge in [0.15, 0.2) is 0 Å². The van der Waals surface area contributed by atoms with E-state index in [0.717, 1.165) is 16.8 Å². The number of carbonyl (C=O) groups is 1. The lowest BCUT2D eigenvalue weighted by atomic mass is 9.98. The van der Waals surface area contributed by atoms with Gasteiger partial charge in [0, 0.05) is 18.8 Å². The summed E-state index contributed by atoms with van der Waals surface area (Å²) in [5, 5.41) is 2.94. The number of benzene rings is 2. The third-order valence-electron chi connectivity index (χ3n) is 4.74. The van der Waals surface area contributed by atoms with Gasteiger partial charge in [-0.05, 0) is 37.0 Å². The van der Waals surface area contributed by atoms with Crippen molar-refractivity contribution in [1.82, 2.24) is 4.31 Å². The van der Waals surface area contributed by atoms with Crippen LogP contribution in [0, 0.1) is 12.8 Å². The molecule has 26 heavy (non-hydrogen) atoms. The zero-order chi connectivity index (χ0) is 18.6. The molecule has 1 saturated heterocycles. The fourth-order valence-corrected chi connectivity index (χ4v) is 4.84. The third-order valence-corrected chi connectivity index (χ3v) is 6.56. The van der Waals surface area contributed by atoms with Crippen molar-refractivity contribution in [2.45, 2.75) is 25.5 Å². The maximum absolute atomic E-state index is 12.7. The summed E-state index contributed by atoms with van der Waals surface area (Å²) in [7, 11) is -3.43. The van der Waals surface area contributed by atoms with E-state index < -0.39 is 10.0 Å². The highest BCUT2D eigenvalue weighted by Gasteiger charge is 2.32. The van der Waals surface area contributed by atoms with Crippen LogP contribution in [0.1, 0.15) is 24.0 Å². The van der Waals surface area contributed by atoms with Crippen LogP contribution in [0.15, 0.2) is 54.6 Å². The first-order chi connectivity index (χ1) is 12.5. The van der Waals surface area contributed by atoms with Gasteiger partial charge in [-0.15, -0.1) is 0 Å². The number of para-hydroxylation sites is 1. The molecule has 1 aliphatic rings. The SMILES string of the molecule is Cc1ccccc1NC(=O)[C@@H]1CCCN(S(=O)(=O)Cc2ccccc2)C1. The highest BCUT2D eigenvalue weighted by atomic mass is 32.2. The zero-order valence-corrected chi connectivity index (χ0v) is 15.7. The van der Waals surface area contributed by atoms with Gasteiger partial charge in [-0.25, -0.2) is 12.7 Å². The molecule has 0 unspecified atom stereocenters. The van der Waals surface area contributed by atoms with E-state index in [1.54, 1.807) is 0 Å². The van der Waals surface area contributed by atoms with Crippen molar-refractivity contribution in [3.63, 3.8) is 0 Å². The fourth-order valence-electron chi connectivity index (χ4n) is 3.23. The van der Waals surface area contributed by atoms with Gasteiger partial charge < -0.3 is 5.32 Å². The first-order valence-corrected chi connectivity index (χ1v) is 10.4. The Hall–Kier alpha value is -2.18. The second-order valence-electron chi connectivity index (χ2n) is 6.74. The molecule has 138 valence electrons. The fraction of sp³-hybridized carbons (Fsp3) is 0.350. The van der Waals surface area contributed by atoms with Crippen LogP contribution in [0.4, 0.5) is 5.69 Å². The molecule has 0 bridgehead atoms. The van der Waals surface area contributed by atoms with Gasteiger partial charge in [-0.1, -0.05) is 48.5 Å². The molecule has 2 aromatic rings. The largest absolute Gasteiger partial charge is 0.326 e. The summed E-state index contributed by atoms with van der Waals surface area (Å²) in [5.41, 5.74) is 2.53. The number of aryl methyl sites for hydroxylation is 1. The van der Waals surface area contributed by atoms with Crippen LogP contribution in [0.3, 0.4) is 0 Å². The minimum atomic E-state index is -3.43. The molecule has 0 aliphatic carbocycles. The van der Waals surface area contributed by atoms with Crippen LogP contribution >= 0.6 is 0 Å². The molecular formula is C20H24N2O3S. The summed E-state index contributed by atoms with van der Waals surface area (Å²) in [6.07, 6.45) is 1.40. The molecule has 5 nitrogen and oxygen atoms in total. The number of amides is 1. The van der Waals surface area contributed by atoms with Gasteiger partial charge in [0.1, 0.15) is 0 Å². The van der Waals surface area contributed by atoms with Crippen molar-refractivity contribution in [1.29, 1.82) is 0 Å². The molecule has 6 heteroatoms. The van der Waals surface area contributed by atoms with Crippen LogP contribution in [-0.4, -0.2) is 31.7 Å². The number of piperidine rings is 1. The molecule has 1 atom stereocenters. The second kappa shape index (κ2) is 8.01. The lowest BCUT2D eigenvalue weighted by Gasteiger charge is -2.31. The third kappa shape index (κ3) is 4.51. The Labute approximate surface area is 155 Å². The normalized spacial score (nSPS) is 18.4. The molecule has 1 fully saturated rings. The zero-order valence-electron chi connectivity index (χ0n) is 14.9. The maximum Gasteiger partial charge on any atom is 0.228 e. The van der Waals surface area contributed by atoms with Crippen molar-refractivity contribution in [3.8, 4) is 0 Å². The van der Waals surface area contributed by atoms with Crippen LogP contribution in [0.5, 0.6) is 0 Å². The van der Waals surface area contributed by atoms with Crippen molar-refractivity contribution in [2.24, 2.45) is 5.92 Å². The molecule has 1 N–H and O–H groups in total. The summed E-state index contributed by atoms with van der Waals surface area (Å²) >= 11 is 0. The first kappa shape index (κ1) is 18.6. The van der Waals surface area contributed by atoms with Crippen LogP contribution < -0.4 is 5.32 Å². The quantitative estimate of drug-likeness (QED) is 0.877. The van der Waals surface area contributed by atoms with E-state index in [-0.39, 0.29) is 24.1 Å². The van der Waals surface area contributed by atoms with Crippen LogP contribution in [0.25, 0.3) is 0 Å². The first-order valence-electron chi connectivity index (χ1n) is 8.84. The predicted octanol–water partition coefficient (Wildman–Crippen LogP) is 3.18. The number of nitrogens with one attached hydrogen (secondary N) is 1. The molecule has 3 rings (SSSR count). The topological polar surface area (TPSA) is 66.5 Å². The van der Waals surface area contributed by atoms with Crippen molar-refractivity contribution < 1.29 is 13.2 Å². The molecule has 0 aromatic heterocycles. The Morgan fingerprint density at radius 3 is 2.54 bits per heavy atom. The molecule has 2 aromatic carbocycles. The van der Waals surface area contributed by atoms with E-state index >= 15 is 0 Å². The molecule has 0 spiro atoms. The lowest BCUT2D eigenvalue weighted by Crippen LogP contribution is -2.44. The second-order valence-corrected chi connectivity index (χ2v) is 8.71. The summed E-state index contributed by atoms with van der Waals surface area (Å²) in [4.78, 5) is 12.6. The van der Waals surface area contributed by atoms with Gasteiger partial charge in [0.2, 0.25) is 15.9 Å². The van der Waals surface area contributed by atoms with E-state index in [9.17, 15) is 13.2 Å². The summed E-state index contributed by atoms with van der Waals surface area (Å²) < 4.78 is 26.9. The minimum Gasteiger partial charge on any atom is -0.326 e. The summed E-state index contributed by atoms with van der Waals surface area (Å²) in [6, 6.07) is 16.7. The maximum atomic E-state index is 12.7. The van der Waals surface area contributed by atoms with Crippen molar-refractivity contribution in [2.75, 3.05) is 18.4 Å². The van der Waals surface area contributed by atoms with E-state index in [1.165, 1.54) is 4.31 Å². The number of nitrogens with zero attached hydrogens (tertiary/aromatic N) is 1. The summed E-state index contributed by atoms with van der Waals surface area (Å²) in [5.74, 6) is -0.465. The molecule has 0 radical (unpaired) electrons. The van der Waals surface area contributed by atoms with Crippen LogP contribution in [-0.2, 0) is 20.6 Å². The highest BCUT2D eigenvalue weighted by Crippen LogP contribution is 2.23. The highest BCUT2D eigenvalue weighted by molar-refractivity contribution is 7.88. The predicted molar refractivity (Wildman–Crippen MR) is 103 cm³/mol. The number of carbonyl (C=O) groups excluding carboxylic acids is 1. The van der Waals surface area contributed by atoms with E-state index in [0.29, 0.717) is 19.4 Å². The minimum absolute atomic E-state index is 0.0278. The van der Waals surface area contributed by atoms with Crippen LogP contribution in [0.2, 0.25) is 0 Å². The summed E-state index contributed by atoms with van der Waals surface area (Å²) in [6.45, 7) is 2.66. The molecule has 1 aliphatic heterocycles. The average Bonchev–Trinajstić information content (AvgIpc) is 2.64. The Morgan fingerprint density at radius 2 is 1.81 bits per heavy atom. The number of rotatable bonds is 5. The van der Waals surface area contributed by atoms with Crippen molar-refractivity contribution in [3.05, 3.63) is 65.7 Å². The standard InChI is InChI=1S/C20H24N2O3S/c1-16-8-5-6-12-19(16)21-20(23)18-11-7-13-22(14-18)26(24,25)15-17-9-3-2-4-10-17/h2-6,8-10,12,18H,7,11,13-15H2,1H3,(H,21,23)/t18-/m1/s1. The monoisotopic (exact) mass is 372 g/mol. The molecule has 0 saturated carbocycles. The number of hydrogen-bond acceptors (Lipinski definition) is 3. The number of anilines is 1. The van der Waals surface area contributed by atoms with E-state index in [4.69, 9.17) is 0 Å². The lowest BCUT2D eigenvalue weighted by molar-refractivity contribution is -0.120. The number of sulfonamides is 1. The molecule has 1 amide bonds. The van der Waals surface area contributed by atoms with Gasteiger partial charge in [0.25, 0.3) is 0 Å². The molecule has 1 heterocycles. The smallest absolute Gasteiger partial charge is 0.228 e. The Balaban J connectivity index is 1.67. The van der Waals surface area contributed by atoms with E-state index in [1.807, 2.05) is 61.5 Å². The van der Waals surface area contributed by atoms with E-state index in [2.05, 4.69) is 5.32 Å².